The largest absolute Gasteiger partial charge is 0.494 e. The van der Waals surface area contributed by atoms with Gasteiger partial charge in [-0.1, -0.05) is 0 Å². The first-order valence-corrected chi connectivity index (χ1v) is 5.84. The topological polar surface area (TPSA) is 73.6 Å². The maximum absolute atomic E-state index is 11.6. The van der Waals surface area contributed by atoms with Crippen LogP contribution in [0.3, 0.4) is 0 Å². The van der Waals surface area contributed by atoms with Crippen molar-refractivity contribution in [1.29, 1.82) is 0 Å². The lowest BCUT2D eigenvalue weighted by Gasteiger charge is -2.20. The average molecular weight is 252 g/mol. The van der Waals surface area contributed by atoms with Crippen molar-refractivity contribution in [3.8, 4) is 5.75 Å². The molecule has 1 aromatic carbocycles. The Morgan fingerprint density at radius 3 is 2.61 bits per heavy atom. The predicted molar refractivity (Wildman–Crippen MR) is 71.9 cm³/mol. The summed E-state index contributed by atoms with van der Waals surface area (Å²) in [7, 11) is 0. The molecule has 1 aromatic rings. The predicted octanol–water partition coefficient (Wildman–Crippen LogP) is 3.01. The van der Waals surface area contributed by atoms with Crippen LogP contribution in [0.1, 0.15) is 27.7 Å². The molecule has 18 heavy (non-hydrogen) atoms. The number of anilines is 2. The van der Waals surface area contributed by atoms with E-state index in [4.69, 9.17) is 15.2 Å². The lowest BCUT2D eigenvalue weighted by atomic mass is 10.2. The first kappa shape index (κ1) is 14.2. The maximum Gasteiger partial charge on any atom is 0.412 e. The fourth-order valence-corrected chi connectivity index (χ4v) is 1.31. The summed E-state index contributed by atoms with van der Waals surface area (Å²) >= 11 is 0. The van der Waals surface area contributed by atoms with Gasteiger partial charge >= 0.3 is 6.09 Å². The number of ether oxygens (including phenoxy) is 2. The zero-order valence-electron chi connectivity index (χ0n) is 11.2. The Hall–Kier alpha value is -1.91. The third-order valence-corrected chi connectivity index (χ3v) is 1.97. The normalized spacial score (nSPS) is 10.9. The molecular weight excluding hydrogens is 232 g/mol. The van der Waals surface area contributed by atoms with Gasteiger partial charge in [0.15, 0.2) is 0 Å². The maximum atomic E-state index is 11.6. The molecular formula is C13H20N2O3. The molecule has 0 atom stereocenters. The highest BCUT2D eigenvalue weighted by Gasteiger charge is 2.17. The van der Waals surface area contributed by atoms with Crippen molar-refractivity contribution in [1.82, 2.24) is 0 Å². The smallest absolute Gasteiger partial charge is 0.412 e. The van der Waals surface area contributed by atoms with Gasteiger partial charge in [0.1, 0.15) is 11.4 Å². The number of nitrogens with two attached hydrogens (primary N) is 1. The Bertz CT molecular complexity index is 425. The van der Waals surface area contributed by atoms with E-state index in [0.717, 1.165) is 0 Å². The number of hydrogen-bond acceptors (Lipinski definition) is 4. The molecule has 0 saturated carbocycles. The molecule has 0 spiro atoms. The molecule has 0 heterocycles. The van der Waals surface area contributed by atoms with Crippen molar-refractivity contribution in [2.75, 3.05) is 17.7 Å². The van der Waals surface area contributed by atoms with Crippen LogP contribution < -0.4 is 15.8 Å². The number of nitrogen functional groups attached to an aromatic ring is 1. The van der Waals surface area contributed by atoms with E-state index >= 15 is 0 Å². The molecule has 0 aliphatic rings. The second-order valence-electron chi connectivity index (χ2n) is 4.81. The molecule has 0 radical (unpaired) electrons. The third-order valence-electron chi connectivity index (χ3n) is 1.97. The molecule has 5 heteroatoms. The van der Waals surface area contributed by atoms with Gasteiger partial charge in [0.25, 0.3) is 0 Å². The van der Waals surface area contributed by atoms with E-state index in [0.29, 0.717) is 23.7 Å². The Labute approximate surface area is 107 Å². The summed E-state index contributed by atoms with van der Waals surface area (Å²) in [5, 5.41) is 2.60. The summed E-state index contributed by atoms with van der Waals surface area (Å²) in [5.41, 5.74) is 6.17. The first-order chi connectivity index (χ1) is 8.31. The van der Waals surface area contributed by atoms with Gasteiger partial charge in [-0.15, -0.1) is 0 Å². The first-order valence-electron chi connectivity index (χ1n) is 5.84. The number of benzene rings is 1. The highest BCUT2D eigenvalue weighted by molar-refractivity contribution is 5.89. The molecule has 3 N–H and O–H groups in total. The summed E-state index contributed by atoms with van der Waals surface area (Å²) in [6.45, 7) is 7.83. The van der Waals surface area contributed by atoms with Crippen LogP contribution in [0.15, 0.2) is 18.2 Å². The van der Waals surface area contributed by atoms with Crippen LogP contribution in [0.25, 0.3) is 0 Å². The number of carbonyl (C=O) groups is 1. The SMILES string of the molecule is CCOc1ccc(N)c(NC(=O)OC(C)(C)C)c1. The Kier molecular flexibility index (Phi) is 4.42. The fourth-order valence-electron chi connectivity index (χ4n) is 1.31. The van der Waals surface area contributed by atoms with E-state index in [-0.39, 0.29) is 0 Å². The molecule has 0 saturated heterocycles. The summed E-state index contributed by atoms with van der Waals surface area (Å²) in [6, 6.07) is 5.10. The van der Waals surface area contributed by atoms with Crippen molar-refractivity contribution in [3.05, 3.63) is 18.2 Å². The second-order valence-corrected chi connectivity index (χ2v) is 4.81. The van der Waals surface area contributed by atoms with Gasteiger partial charge in [0, 0.05) is 6.07 Å². The van der Waals surface area contributed by atoms with Gasteiger partial charge in [-0.05, 0) is 39.8 Å². The highest BCUT2D eigenvalue weighted by atomic mass is 16.6. The van der Waals surface area contributed by atoms with E-state index in [1.54, 1.807) is 39.0 Å². The van der Waals surface area contributed by atoms with Gasteiger partial charge in [-0.2, -0.15) is 0 Å². The molecule has 0 aliphatic heterocycles. The zero-order valence-corrected chi connectivity index (χ0v) is 11.2. The van der Waals surface area contributed by atoms with Gasteiger partial charge < -0.3 is 15.2 Å². The van der Waals surface area contributed by atoms with E-state index in [9.17, 15) is 4.79 Å². The third kappa shape index (κ3) is 4.53. The zero-order chi connectivity index (χ0) is 13.8. The van der Waals surface area contributed by atoms with Gasteiger partial charge in [-0.25, -0.2) is 4.79 Å². The van der Waals surface area contributed by atoms with Crippen LogP contribution in [0.5, 0.6) is 5.75 Å². The summed E-state index contributed by atoms with van der Waals surface area (Å²) in [6.07, 6.45) is -0.539. The molecule has 1 amide bonds. The molecule has 0 aromatic heterocycles. The standard InChI is InChI=1S/C13H20N2O3/c1-5-17-9-6-7-10(14)11(8-9)15-12(16)18-13(2,3)4/h6-8H,5,14H2,1-4H3,(H,15,16). The van der Waals surface area contributed by atoms with E-state index in [2.05, 4.69) is 5.32 Å². The van der Waals surface area contributed by atoms with Crippen LogP contribution >= 0.6 is 0 Å². The lowest BCUT2D eigenvalue weighted by molar-refractivity contribution is 0.0636. The van der Waals surface area contributed by atoms with Crippen LogP contribution in [-0.4, -0.2) is 18.3 Å². The van der Waals surface area contributed by atoms with Crippen molar-refractivity contribution in [2.45, 2.75) is 33.3 Å². The minimum absolute atomic E-state index is 0.462. The fraction of sp³-hybridized carbons (Fsp3) is 0.462. The van der Waals surface area contributed by atoms with Crippen LogP contribution in [0.4, 0.5) is 16.2 Å². The van der Waals surface area contributed by atoms with Crippen LogP contribution in [0.2, 0.25) is 0 Å². The monoisotopic (exact) mass is 252 g/mol. The number of nitrogens with one attached hydrogen (secondary N) is 1. The second kappa shape index (κ2) is 5.62. The minimum atomic E-state index is -0.545. The summed E-state index contributed by atoms with van der Waals surface area (Å²) < 4.78 is 10.5. The summed E-state index contributed by atoms with van der Waals surface area (Å²) in [4.78, 5) is 11.6. The number of rotatable bonds is 3. The van der Waals surface area contributed by atoms with Gasteiger partial charge in [0.2, 0.25) is 0 Å². The molecule has 1 rings (SSSR count). The van der Waals surface area contributed by atoms with E-state index < -0.39 is 11.7 Å². The van der Waals surface area contributed by atoms with Crippen LogP contribution in [0, 0.1) is 0 Å². The molecule has 0 bridgehead atoms. The number of carbonyl (C=O) groups excluding carboxylic acids is 1. The Morgan fingerprint density at radius 2 is 2.06 bits per heavy atom. The number of hydrogen-bond donors (Lipinski definition) is 2. The van der Waals surface area contributed by atoms with Gasteiger partial charge in [0.05, 0.1) is 18.0 Å². The molecule has 0 fully saturated rings. The van der Waals surface area contributed by atoms with Crippen molar-refractivity contribution >= 4 is 17.5 Å². The summed E-state index contributed by atoms with van der Waals surface area (Å²) in [5.74, 6) is 0.651. The molecule has 0 aliphatic carbocycles. The average Bonchev–Trinajstić information content (AvgIpc) is 2.20. The van der Waals surface area contributed by atoms with Crippen molar-refractivity contribution < 1.29 is 14.3 Å². The van der Waals surface area contributed by atoms with Gasteiger partial charge in [-0.3, -0.25) is 5.32 Å². The minimum Gasteiger partial charge on any atom is -0.494 e. The Morgan fingerprint density at radius 1 is 1.39 bits per heavy atom. The highest BCUT2D eigenvalue weighted by Crippen LogP contribution is 2.25. The quantitative estimate of drug-likeness (QED) is 0.811. The van der Waals surface area contributed by atoms with Crippen molar-refractivity contribution in [3.63, 3.8) is 0 Å². The van der Waals surface area contributed by atoms with Crippen LogP contribution in [-0.2, 0) is 4.74 Å². The van der Waals surface area contributed by atoms with E-state index in [1.807, 2.05) is 6.92 Å². The molecule has 100 valence electrons. The van der Waals surface area contributed by atoms with Crippen molar-refractivity contribution in [2.24, 2.45) is 0 Å². The molecule has 5 nitrogen and oxygen atoms in total. The Balaban J connectivity index is 2.77. The number of amides is 1. The molecule has 0 unspecified atom stereocenters. The van der Waals surface area contributed by atoms with E-state index in [1.165, 1.54) is 0 Å². The lowest BCUT2D eigenvalue weighted by Crippen LogP contribution is -2.27.